The van der Waals surface area contributed by atoms with Crippen LogP contribution in [0.2, 0.25) is 0 Å². The first-order valence-electron chi connectivity index (χ1n) is 5.63. The van der Waals surface area contributed by atoms with Gasteiger partial charge in [-0.15, -0.1) is 0 Å². The van der Waals surface area contributed by atoms with Crippen LogP contribution in [0.15, 0.2) is 0 Å². The van der Waals surface area contributed by atoms with E-state index in [1.54, 1.807) is 21.0 Å². The van der Waals surface area contributed by atoms with Crippen LogP contribution in [0.4, 0.5) is 0 Å². The van der Waals surface area contributed by atoms with E-state index in [9.17, 15) is 13.2 Å². The molecule has 0 heterocycles. The molecule has 6 nitrogen and oxygen atoms in total. The molecule has 2 N–H and O–H groups in total. The van der Waals surface area contributed by atoms with Crippen molar-refractivity contribution in [1.82, 2.24) is 10.6 Å². The number of carbonyl (C=O) groups excluding carboxylic acids is 1. The van der Waals surface area contributed by atoms with Gasteiger partial charge >= 0.3 is 0 Å². The van der Waals surface area contributed by atoms with Crippen molar-refractivity contribution in [3.05, 3.63) is 0 Å². The number of hydrogen-bond acceptors (Lipinski definition) is 5. The second-order valence-electron chi connectivity index (χ2n) is 3.70. The van der Waals surface area contributed by atoms with Crippen LogP contribution in [-0.4, -0.2) is 58.7 Å². The zero-order chi connectivity index (χ0) is 13.3. The zero-order valence-electron chi connectivity index (χ0n) is 10.7. The molecule has 17 heavy (non-hydrogen) atoms. The lowest BCUT2D eigenvalue weighted by Crippen LogP contribution is -2.44. The van der Waals surface area contributed by atoms with Crippen LogP contribution in [0.25, 0.3) is 0 Å². The fourth-order valence-electron chi connectivity index (χ4n) is 1.10. The molecule has 0 fully saturated rings. The molecule has 0 spiro atoms. The van der Waals surface area contributed by atoms with E-state index in [0.29, 0.717) is 13.2 Å². The third-order valence-electron chi connectivity index (χ3n) is 2.30. The van der Waals surface area contributed by atoms with Crippen molar-refractivity contribution in [3.63, 3.8) is 0 Å². The lowest BCUT2D eigenvalue weighted by atomic mass is 10.3. The number of methoxy groups -OCH3 is 1. The largest absolute Gasteiger partial charge is 0.383 e. The molecule has 0 rings (SSSR count). The minimum atomic E-state index is -2.98. The molecule has 102 valence electrons. The summed E-state index contributed by atoms with van der Waals surface area (Å²) in [5, 5.41) is 5.54. The van der Waals surface area contributed by atoms with Crippen molar-refractivity contribution in [2.75, 3.05) is 38.3 Å². The van der Waals surface area contributed by atoms with Gasteiger partial charge in [-0.05, 0) is 6.92 Å². The Morgan fingerprint density at radius 2 is 2.00 bits per heavy atom. The number of rotatable bonds is 9. The van der Waals surface area contributed by atoms with Crippen LogP contribution in [0.1, 0.15) is 13.8 Å². The second kappa shape index (κ2) is 8.43. The molecule has 1 atom stereocenters. The van der Waals surface area contributed by atoms with Gasteiger partial charge in [-0.1, -0.05) is 6.92 Å². The SMILES string of the molecule is CCS(=O)(=O)CCNC(C)C(=O)NCCOC. The van der Waals surface area contributed by atoms with Gasteiger partial charge in [0.2, 0.25) is 5.91 Å². The first kappa shape index (κ1) is 16.3. The quantitative estimate of drug-likeness (QED) is 0.532. The van der Waals surface area contributed by atoms with Crippen LogP contribution in [0.3, 0.4) is 0 Å². The molecule has 0 aromatic carbocycles. The molecule has 0 aromatic rings. The molecule has 1 unspecified atom stereocenters. The van der Waals surface area contributed by atoms with E-state index in [1.165, 1.54) is 0 Å². The van der Waals surface area contributed by atoms with Crippen LogP contribution >= 0.6 is 0 Å². The van der Waals surface area contributed by atoms with Gasteiger partial charge in [-0.3, -0.25) is 4.79 Å². The van der Waals surface area contributed by atoms with E-state index < -0.39 is 15.9 Å². The topological polar surface area (TPSA) is 84.5 Å². The van der Waals surface area contributed by atoms with Gasteiger partial charge in [-0.2, -0.15) is 0 Å². The molecule has 0 aromatic heterocycles. The Labute approximate surface area is 103 Å². The first-order chi connectivity index (χ1) is 7.93. The molecular weight excluding hydrogens is 244 g/mol. The predicted molar refractivity (Wildman–Crippen MR) is 66.7 cm³/mol. The summed E-state index contributed by atoms with van der Waals surface area (Å²) in [6.45, 7) is 4.50. The van der Waals surface area contributed by atoms with Gasteiger partial charge < -0.3 is 15.4 Å². The lowest BCUT2D eigenvalue weighted by Gasteiger charge is -2.13. The third-order valence-corrected chi connectivity index (χ3v) is 4.01. The number of sulfone groups is 1. The average molecular weight is 266 g/mol. The summed E-state index contributed by atoms with van der Waals surface area (Å²) >= 11 is 0. The number of ether oxygens (including phenoxy) is 1. The number of nitrogens with one attached hydrogen (secondary N) is 2. The summed E-state index contributed by atoms with van der Waals surface area (Å²) in [6.07, 6.45) is 0. The van der Waals surface area contributed by atoms with E-state index in [4.69, 9.17) is 4.74 Å². The van der Waals surface area contributed by atoms with Crippen LogP contribution < -0.4 is 10.6 Å². The maximum Gasteiger partial charge on any atom is 0.236 e. The zero-order valence-corrected chi connectivity index (χ0v) is 11.5. The molecule has 0 aliphatic heterocycles. The maximum absolute atomic E-state index is 11.5. The predicted octanol–water partition coefficient (Wildman–Crippen LogP) is -0.838. The monoisotopic (exact) mass is 266 g/mol. The van der Waals surface area contributed by atoms with E-state index in [2.05, 4.69) is 10.6 Å². The molecule has 7 heteroatoms. The van der Waals surface area contributed by atoms with E-state index in [1.807, 2.05) is 0 Å². The summed E-state index contributed by atoms with van der Waals surface area (Å²) in [5.74, 6) is 0.0263. The van der Waals surface area contributed by atoms with Crippen molar-refractivity contribution >= 4 is 15.7 Å². The Hall–Kier alpha value is -0.660. The minimum Gasteiger partial charge on any atom is -0.383 e. The van der Waals surface area contributed by atoms with Gasteiger partial charge in [-0.25, -0.2) is 8.42 Å². The number of amides is 1. The van der Waals surface area contributed by atoms with Crippen molar-refractivity contribution in [3.8, 4) is 0 Å². The fraction of sp³-hybridized carbons (Fsp3) is 0.900. The Morgan fingerprint density at radius 3 is 2.53 bits per heavy atom. The number of carbonyl (C=O) groups is 1. The highest BCUT2D eigenvalue weighted by atomic mass is 32.2. The first-order valence-corrected chi connectivity index (χ1v) is 7.45. The average Bonchev–Trinajstić information content (AvgIpc) is 2.29. The van der Waals surface area contributed by atoms with Gasteiger partial charge in [0, 0.05) is 26.0 Å². The van der Waals surface area contributed by atoms with Crippen molar-refractivity contribution in [1.29, 1.82) is 0 Å². The smallest absolute Gasteiger partial charge is 0.236 e. The Kier molecular flexibility index (Phi) is 8.11. The standard InChI is InChI=1S/C10H22N2O4S/c1-4-17(14,15)8-6-11-9(2)10(13)12-5-7-16-3/h9,11H,4-8H2,1-3H3,(H,12,13). The Morgan fingerprint density at radius 1 is 1.35 bits per heavy atom. The maximum atomic E-state index is 11.5. The van der Waals surface area contributed by atoms with Crippen molar-refractivity contribution in [2.24, 2.45) is 0 Å². The summed E-state index contributed by atoms with van der Waals surface area (Å²) in [4.78, 5) is 11.5. The molecule has 0 radical (unpaired) electrons. The summed E-state index contributed by atoms with van der Waals surface area (Å²) in [5.41, 5.74) is 0. The van der Waals surface area contributed by atoms with Gasteiger partial charge in [0.1, 0.15) is 0 Å². The molecule has 0 aliphatic carbocycles. The highest BCUT2D eigenvalue weighted by Gasteiger charge is 2.13. The van der Waals surface area contributed by atoms with Gasteiger partial charge in [0.05, 0.1) is 18.4 Å². The molecule has 0 saturated carbocycles. The third kappa shape index (κ3) is 8.12. The highest BCUT2D eigenvalue weighted by molar-refractivity contribution is 7.91. The molecule has 0 aliphatic rings. The minimum absolute atomic E-state index is 0.0548. The molecule has 0 bridgehead atoms. The van der Waals surface area contributed by atoms with Crippen molar-refractivity contribution in [2.45, 2.75) is 19.9 Å². The van der Waals surface area contributed by atoms with Crippen molar-refractivity contribution < 1.29 is 17.9 Å². The second-order valence-corrected chi connectivity index (χ2v) is 6.17. The van der Waals surface area contributed by atoms with Gasteiger partial charge in [0.15, 0.2) is 9.84 Å². The Bertz CT molecular complexity index is 316. The van der Waals surface area contributed by atoms with E-state index >= 15 is 0 Å². The molecule has 1 amide bonds. The molecular formula is C10H22N2O4S. The van der Waals surface area contributed by atoms with Crippen LogP contribution in [0.5, 0.6) is 0 Å². The number of hydrogen-bond donors (Lipinski definition) is 2. The summed E-state index contributed by atoms with van der Waals surface area (Å²) < 4.78 is 27.2. The fourth-order valence-corrected chi connectivity index (χ4v) is 1.81. The normalized spacial score (nSPS) is 13.4. The lowest BCUT2D eigenvalue weighted by molar-refractivity contribution is -0.122. The van der Waals surface area contributed by atoms with E-state index in [-0.39, 0.29) is 24.0 Å². The summed E-state index contributed by atoms with van der Waals surface area (Å²) in [6, 6.07) is -0.404. The Balaban J connectivity index is 3.78. The molecule has 0 saturated heterocycles. The van der Waals surface area contributed by atoms with Crippen LogP contribution in [0, 0.1) is 0 Å². The van der Waals surface area contributed by atoms with Crippen LogP contribution in [-0.2, 0) is 19.4 Å². The summed E-state index contributed by atoms with van der Waals surface area (Å²) in [7, 11) is -1.42. The van der Waals surface area contributed by atoms with E-state index in [0.717, 1.165) is 0 Å². The van der Waals surface area contributed by atoms with Gasteiger partial charge in [0.25, 0.3) is 0 Å². The highest BCUT2D eigenvalue weighted by Crippen LogP contribution is 1.89.